The summed E-state index contributed by atoms with van der Waals surface area (Å²) >= 11 is 0. The summed E-state index contributed by atoms with van der Waals surface area (Å²) in [7, 11) is 1.73. The second kappa shape index (κ2) is 2.83. The molecular weight excluding hydrogens is 142 g/mol. The summed E-state index contributed by atoms with van der Waals surface area (Å²) in [5.41, 5.74) is 0. The van der Waals surface area contributed by atoms with Gasteiger partial charge in [-0.05, 0) is 18.9 Å². The van der Waals surface area contributed by atoms with Gasteiger partial charge in [-0.25, -0.2) is 0 Å². The molecule has 0 aromatic carbocycles. The average Bonchev–Trinajstić information content (AvgIpc) is 2.50. The number of fused-ring (bicyclic) bond motifs is 1. The second-order valence-electron chi connectivity index (χ2n) is 2.91. The third-order valence-electron chi connectivity index (χ3n) is 2.29. The zero-order valence-corrected chi connectivity index (χ0v) is 6.75. The maximum Gasteiger partial charge on any atom is 0.113 e. The first-order valence-electron chi connectivity index (χ1n) is 4.05. The number of nitrogens with zero attached hydrogens (tertiary/aromatic N) is 1. The van der Waals surface area contributed by atoms with E-state index >= 15 is 0 Å². The fourth-order valence-electron chi connectivity index (χ4n) is 1.75. The number of hydrogen-bond donors (Lipinski definition) is 0. The zero-order chi connectivity index (χ0) is 7.68. The van der Waals surface area contributed by atoms with Crippen molar-refractivity contribution in [3.05, 3.63) is 11.8 Å². The summed E-state index contributed by atoms with van der Waals surface area (Å²) in [5, 5.41) is 2.03. The Morgan fingerprint density at radius 1 is 1.73 bits per heavy atom. The average molecular weight is 155 g/mol. The first kappa shape index (κ1) is 7.13. The van der Waals surface area contributed by atoms with Gasteiger partial charge in [-0.3, -0.25) is 4.84 Å². The maximum absolute atomic E-state index is 5.41. The maximum atomic E-state index is 5.41. The van der Waals surface area contributed by atoms with Crippen LogP contribution in [0.2, 0.25) is 0 Å². The third-order valence-corrected chi connectivity index (χ3v) is 2.29. The van der Waals surface area contributed by atoms with Crippen LogP contribution >= 0.6 is 0 Å². The molecule has 1 saturated heterocycles. The Morgan fingerprint density at radius 2 is 2.64 bits per heavy atom. The van der Waals surface area contributed by atoms with E-state index in [2.05, 4.69) is 0 Å². The van der Waals surface area contributed by atoms with Crippen molar-refractivity contribution in [1.82, 2.24) is 5.06 Å². The Hall–Kier alpha value is -0.540. The van der Waals surface area contributed by atoms with Crippen molar-refractivity contribution in [1.29, 1.82) is 0 Å². The van der Waals surface area contributed by atoms with E-state index in [1.54, 1.807) is 7.11 Å². The van der Waals surface area contributed by atoms with Crippen LogP contribution in [0.3, 0.4) is 0 Å². The van der Waals surface area contributed by atoms with E-state index in [4.69, 9.17) is 9.57 Å². The van der Waals surface area contributed by atoms with E-state index < -0.39 is 0 Å². The lowest BCUT2D eigenvalue weighted by Crippen LogP contribution is -2.35. The quantitative estimate of drug-likeness (QED) is 0.562. The predicted molar refractivity (Wildman–Crippen MR) is 40.8 cm³/mol. The number of rotatable bonds is 1. The minimum Gasteiger partial charge on any atom is -0.500 e. The van der Waals surface area contributed by atoms with Gasteiger partial charge in [0.1, 0.15) is 5.76 Å². The van der Waals surface area contributed by atoms with E-state index in [1.807, 2.05) is 11.1 Å². The van der Waals surface area contributed by atoms with Gasteiger partial charge in [0.05, 0.1) is 19.8 Å². The highest BCUT2D eigenvalue weighted by Crippen LogP contribution is 2.26. The van der Waals surface area contributed by atoms with Gasteiger partial charge >= 0.3 is 0 Å². The number of hydroxylamine groups is 2. The molecule has 62 valence electrons. The second-order valence-corrected chi connectivity index (χ2v) is 2.91. The lowest BCUT2D eigenvalue weighted by atomic mass is 10.2. The van der Waals surface area contributed by atoms with Crippen molar-refractivity contribution >= 4 is 0 Å². The fourth-order valence-corrected chi connectivity index (χ4v) is 1.75. The standard InChI is InChI=1S/C8H13NO2/c1-10-8-4-6-11-9-5-2-3-7(8)9/h4,7H,2-3,5-6H2,1H3. The Bertz CT molecular complexity index is 179. The number of hydrogen-bond acceptors (Lipinski definition) is 3. The predicted octanol–water partition coefficient (Wildman–Crippen LogP) is 0.926. The number of methoxy groups -OCH3 is 1. The SMILES string of the molecule is COC1=CCON2CCCC12. The lowest BCUT2D eigenvalue weighted by Gasteiger charge is -2.28. The van der Waals surface area contributed by atoms with Crippen LogP contribution in [0.15, 0.2) is 11.8 Å². The van der Waals surface area contributed by atoms with E-state index in [0.717, 1.165) is 12.3 Å². The van der Waals surface area contributed by atoms with Gasteiger partial charge in [0.25, 0.3) is 0 Å². The molecule has 1 fully saturated rings. The van der Waals surface area contributed by atoms with Crippen LogP contribution in [0.25, 0.3) is 0 Å². The Kier molecular flexibility index (Phi) is 1.84. The molecule has 0 N–H and O–H groups in total. The Morgan fingerprint density at radius 3 is 3.45 bits per heavy atom. The van der Waals surface area contributed by atoms with Gasteiger partial charge in [-0.2, -0.15) is 5.06 Å². The third kappa shape index (κ3) is 1.14. The van der Waals surface area contributed by atoms with Gasteiger partial charge < -0.3 is 4.74 Å². The molecule has 2 aliphatic rings. The molecule has 0 saturated carbocycles. The molecule has 1 atom stereocenters. The van der Waals surface area contributed by atoms with Crippen molar-refractivity contribution in [2.75, 3.05) is 20.3 Å². The Labute approximate surface area is 66.5 Å². The largest absolute Gasteiger partial charge is 0.500 e. The molecule has 0 aromatic rings. The van der Waals surface area contributed by atoms with Crippen LogP contribution in [-0.2, 0) is 9.57 Å². The van der Waals surface area contributed by atoms with Gasteiger partial charge in [0.2, 0.25) is 0 Å². The van der Waals surface area contributed by atoms with Crippen LogP contribution in [0.5, 0.6) is 0 Å². The molecule has 0 amide bonds. The molecule has 0 bridgehead atoms. The first-order valence-corrected chi connectivity index (χ1v) is 4.05. The van der Waals surface area contributed by atoms with Crippen LogP contribution in [0, 0.1) is 0 Å². The van der Waals surface area contributed by atoms with Crippen molar-refractivity contribution in [2.24, 2.45) is 0 Å². The van der Waals surface area contributed by atoms with Crippen LogP contribution in [0.1, 0.15) is 12.8 Å². The van der Waals surface area contributed by atoms with Crippen LogP contribution in [-0.4, -0.2) is 31.4 Å². The number of ether oxygens (including phenoxy) is 1. The van der Waals surface area contributed by atoms with Gasteiger partial charge in [-0.1, -0.05) is 0 Å². The molecule has 1 unspecified atom stereocenters. The molecular formula is C8H13NO2. The van der Waals surface area contributed by atoms with E-state index in [-0.39, 0.29) is 0 Å². The molecule has 2 heterocycles. The summed E-state index contributed by atoms with van der Waals surface area (Å²) in [6.45, 7) is 1.71. The monoisotopic (exact) mass is 155 g/mol. The van der Waals surface area contributed by atoms with E-state index in [0.29, 0.717) is 12.6 Å². The molecule has 0 spiro atoms. The molecule has 11 heavy (non-hydrogen) atoms. The van der Waals surface area contributed by atoms with Crippen molar-refractivity contribution in [3.63, 3.8) is 0 Å². The van der Waals surface area contributed by atoms with E-state index in [9.17, 15) is 0 Å². The minimum atomic E-state index is 0.397. The zero-order valence-electron chi connectivity index (χ0n) is 6.75. The summed E-state index contributed by atoms with van der Waals surface area (Å²) in [5.74, 6) is 1.08. The molecule has 2 aliphatic heterocycles. The summed E-state index contributed by atoms with van der Waals surface area (Å²) < 4.78 is 5.24. The van der Waals surface area contributed by atoms with Gasteiger partial charge in [0.15, 0.2) is 0 Å². The molecule has 0 radical (unpaired) electrons. The van der Waals surface area contributed by atoms with Crippen molar-refractivity contribution < 1.29 is 9.57 Å². The van der Waals surface area contributed by atoms with Gasteiger partial charge in [-0.15, -0.1) is 0 Å². The first-order chi connectivity index (χ1) is 5.42. The highest BCUT2D eigenvalue weighted by Gasteiger charge is 2.31. The Balaban J connectivity index is 2.13. The van der Waals surface area contributed by atoms with Crippen molar-refractivity contribution in [2.45, 2.75) is 18.9 Å². The lowest BCUT2D eigenvalue weighted by molar-refractivity contribution is -0.167. The molecule has 3 nitrogen and oxygen atoms in total. The summed E-state index contributed by atoms with van der Waals surface area (Å²) in [6, 6.07) is 0.397. The minimum absolute atomic E-state index is 0.397. The molecule has 0 aliphatic carbocycles. The van der Waals surface area contributed by atoms with Gasteiger partial charge in [0, 0.05) is 6.54 Å². The smallest absolute Gasteiger partial charge is 0.113 e. The molecule has 0 aromatic heterocycles. The van der Waals surface area contributed by atoms with Crippen LogP contribution < -0.4 is 0 Å². The molecule has 2 rings (SSSR count). The highest BCUT2D eigenvalue weighted by molar-refractivity contribution is 5.07. The van der Waals surface area contributed by atoms with E-state index in [1.165, 1.54) is 12.8 Å². The summed E-state index contributed by atoms with van der Waals surface area (Å²) in [4.78, 5) is 5.41. The van der Waals surface area contributed by atoms with Crippen molar-refractivity contribution in [3.8, 4) is 0 Å². The highest BCUT2D eigenvalue weighted by atomic mass is 16.7. The summed E-state index contributed by atoms with van der Waals surface area (Å²) in [6.07, 6.45) is 4.40. The topological polar surface area (TPSA) is 21.7 Å². The fraction of sp³-hybridized carbons (Fsp3) is 0.750. The molecule has 3 heteroatoms. The normalized spacial score (nSPS) is 31.4. The van der Waals surface area contributed by atoms with Crippen LogP contribution in [0.4, 0.5) is 0 Å².